The van der Waals surface area contributed by atoms with Crippen LogP contribution in [-0.4, -0.2) is 18.0 Å². The standard InChI is InChI=1S/C20H15BrI3NO3/c1-3-10(2)27-18-15(23)6-11(7-16(18)24)8-17-20(26)28-19(25-17)12-4-5-14(22)13(21)9-12/h4-10H,3H2,1-2H3/b17-8-. The molecule has 0 saturated heterocycles. The summed E-state index contributed by atoms with van der Waals surface area (Å²) >= 11 is 10.2. The average molecular weight is 778 g/mol. The summed E-state index contributed by atoms with van der Waals surface area (Å²) in [5, 5.41) is 0. The van der Waals surface area contributed by atoms with Gasteiger partial charge in [-0.1, -0.05) is 6.92 Å². The maximum Gasteiger partial charge on any atom is 0.363 e. The van der Waals surface area contributed by atoms with Crippen molar-refractivity contribution >= 4 is 102 Å². The third-order valence-corrected chi connectivity index (χ3v) is 7.95. The number of carbonyl (C=O) groups is 1. The second kappa shape index (κ2) is 9.73. The zero-order valence-electron chi connectivity index (χ0n) is 14.9. The molecule has 2 aromatic carbocycles. The monoisotopic (exact) mass is 777 g/mol. The van der Waals surface area contributed by atoms with E-state index < -0.39 is 5.97 Å². The summed E-state index contributed by atoms with van der Waals surface area (Å²) in [7, 11) is 0. The molecule has 1 unspecified atom stereocenters. The van der Waals surface area contributed by atoms with Crippen molar-refractivity contribution in [3.63, 3.8) is 0 Å². The fourth-order valence-electron chi connectivity index (χ4n) is 2.38. The van der Waals surface area contributed by atoms with Gasteiger partial charge in [-0.2, -0.15) is 0 Å². The Balaban J connectivity index is 1.91. The van der Waals surface area contributed by atoms with Crippen LogP contribution in [0.25, 0.3) is 6.08 Å². The molecule has 0 bridgehead atoms. The molecular formula is C20H15BrI3NO3. The molecule has 0 aliphatic carbocycles. The first-order valence-corrected chi connectivity index (χ1v) is 12.4. The highest BCUT2D eigenvalue weighted by Gasteiger charge is 2.25. The molecule has 1 aliphatic heterocycles. The van der Waals surface area contributed by atoms with E-state index in [1.54, 1.807) is 6.08 Å². The summed E-state index contributed by atoms with van der Waals surface area (Å²) < 4.78 is 15.4. The summed E-state index contributed by atoms with van der Waals surface area (Å²) in [6, 6.07) is 9.68. The second-order valence-corrected chi connectivity index (χ2v) is 10.5. The molecular weight excluding hydrogens is 763 g/mol. The number of halogens is 4. The van der Waals surface area contributed by atoms with E-state index in [1.165, 1.54) is 0 Å². The van der Waals surface area contributed by atoms with Crippen molar-refractivity contribution in [3.8, 4) is 5.75 Å². The fraction of sp³-hybridized carbons (Fsp3) is 0.200. The summed E-state index contributed by atoms with van der Waals surface area (Å²) in [5.74, 6) is 0.740. The van der Waals surface area contributed by atoms with Crippen molar-refractivity contribution in [2.45, 2.75) is 26.4 Å². The van der Waals surface area contributed by atoms with E-state index >= 15 is 0 Å². The highest BCUT2D eigenvalue weighted by Crippen LogP contribution is 2.32. The van der Waals surface area contributed by atoms with E-state index in [9.17, 15) is 4.79 Å². The molecule has 4 nitrogen and oxygen atoms in total. The Hall–Kier alpha value is -0.210. The smallest absolute Gasteiger partial charge is 0.363 e. The zero-order chi connectivity index (χ0) is 20.4. The van der Waals surface area contributed by atoms with Crippen LogP contribution in [0.3, 0.4) is 0 Å². The summed E-state index contributed by atoms with van der Waals surface area (Å²) in [5.41, 5.74) is 1.92. The van der Waals surface area contributed by atoms with Gasteiger partial charge in [0.2, 0.25) is 5.90 Å². The van der Waals surface area contributed by atoms with Gasteiger partial charge >= 0.3 is 5.97 Å². The molecule has 0 radical (unpaired) electrons. The molecule has 1 aliphatic rings. The molecule has 1 atom stereocenters. The van der Waals surface area contributed by atoms with Crippen molar-refractivity contribution in [2.24, 2.45) is 4.99 Å². The molecule has 0 amide bonds. The van der Waals surface area contributed by atoms with E-state index in [-0.39, 0.29) is 11.8 Å². The largest absolute Gasteiger partial charge is 0.489 e. The summed E-state index contributed by atoms with van der Waals surface area (Å²) in [6.07, 6.45) is 2.83. The predicted octanol–water partition coefficient (Wildman–Crippen LogP) is 6.78. The van der Waals surface area contributed by atoms with Crippen LogP contribution in [-0.2, 0) is 9.53 Å². The molecule has 146 valence electrons. The lowest BCUT2D eigenvalue weighted by atomic mass is 10.2. The van der Waals surface area contributed by atoms with Crippen molar-refractivity contribution in [1.82, 2.24) is 0 Å². The lowest BCUT2D eigenvalue weighted by Crippen LogP contribution is -2.11. The van der Waals surface area contributed by atoms with Crippen LogP contribution in [0.1, 0.15) is 31.4 Å². The van der Waals surface area contributed by atoms with Gasteiger partial charge in [0.05, 0.1) is 13.2 Å². The summed E-state index contributed by atoms with van der Waals surface area (Å²) in [4.78, 5) is 16.7. The number of esters is 1. The first-order valence-electron chi connectivity index (χ1n) is 8.42. The molecule has 0 N–H and O–H groups in total. The van der Waals surface area contributed by atoms with Gasteiger partial charge in [0.1, 0.15) is 5.75 Å². The SMILES string of the molecule is CCC(C)Oc1c(I)cc(/C=C2\N=C(c3ccc(I)c(Br)c3)OC2=O)cc1I. The van der Waals surface area contributed by atoms with Crippen molar-refractivity contribution in [3.05, 3.63) is 62.3 Å². The Bertz CT molecular complexity index is 981. The van der Waals surface area contributed by atoms with E-state index in [0.29, 0.717) is 5.90 Å². The normalized spacial score (nSPS) is 16.1. The lowest BCUT2D eigenvalue weighted by molar-refractivity contribution is -0.129. The van der Waals surface area contributed by atoms with Crippen molar-refractivity contribution < 1.29 is 14.3 Å². The van der Waals surface area contributed by atoms with Crippen LogP contribution < -0.4 is 4.74 Å². The van der Waals surface area contributed by atoms with Gasteiger partial charge < -0.3 is 9.47 Å². The number of hydrogen-bond donors (Lipinski definition) is 0. The molecule has 2 aromatic rings. The van der Waals surface area contributed by atoms with E-state index in [4.69, 9.17) is 9.47 Å². The van der Waals surface area contributed by atoms with Gasteiger partial charge in [-0.3, -0.25) is 0 Å². The number of cyclic esters (lactones) is 1. The molecule has 0 spiro atoms. The third kappa shape index (κ3) is 5.28. The number of aliphatic imine (C=N–C) groups is 1. The fourth-order valence-corrected chi connectivity index (χ4v) is 5.16. The van der Waals surface area contributed by atoms with Crippen molar-refractivity contribution in [2.75, 3.05) is 0 Å². The van der Waals surface area contributed by atoms with Gasteiger partial charge in [0, 0.05) is 13.6 Å². The van der Waals surface area contributed by atoms with Gasteiger partial charge in [-0.05, 0) is 139 Å². The number of benzene rings is 2. The molecule has 1 heterocycles. The first-order chi connectivity index (χ1) is 13.3. The highest BCUT2D eigenvalue weighted by molar-refractivity contribution is 14.1. The minimum Gasteiger partial charge on any atom is -0.489 e. The Morgan fingerprint density at radius 1 is 1.18 bits per heavy atom. The number of nitrogens with zero attached hydrogens (tertiary/aromatic N) is 1. The summed E-state index contributed by atoms with van der Waals surface area (Å²) in [6.45, 7) is 4.15. The Morgan fingerprint density at radius 2 is 1.86 bits per heavy atom. The molecule has 0 saturated carbocycles. The molecule has 0 aromatic heterocycles. The lowest BCUT2D eigenvalue weighted by Gasteiger charge is -2.16. The van der Waals surface area contributed by atoms with Gasteiger partial charge in [-0.25, -0.2) is 9.79 Å². The predicted molar refractivity (Wildman–Crippen MR) is 140 cm³/mol. The van der Waals surface area contributed by atoms with Crippen LogP contribution in [0.15, 0.2) is 45.5 Å². The Labute approximate surface area is 213 Å². The van der Waals surface area contributed by atoms with E-state index in [2.05, 4.69) is 103 Å². The highest BCUT2D eigenvalue weighted by atomic mass is 127. The average Bonchev–Trinajstić information content (AvgIpc) is 3.00. The van der Waals surface area contributed by atoms with Crippen LogP contribution in [0.2, 0.25) is 0 Å². The van der Waals surface area contributed by atoms with Gasteiger partial charge in [0.25, 0.3) is 0 Å². The van der Waals surface area contributed by atoms with E-state index in [0.717, 1.165) is 38.5 Å². The number of hydrogen-bond acceptors (Lipinski definition) is 4. The molecule has 0 fully saturated rings. The molecule has 3 rings (SSSR count). The van der Waals surface area contributed by atoms with Gasteiger partial charge in [0.15, 0.2) is 5.70 Å². The maximum atomic E-state index is 12.3. The number of ether oxygens (including phenoxy) is 2. The first kappa shape index (κ1) is 22.5. The zero-order valence-corrected chi connectivity index (χ0v) is 23.0. The minimum atomic E-state index is -0.449. The minimum absolute atomic E-state index is 0.150. The van der Waals surface area contributed by atoms with Crippen LogP contribution in [0, 0.1) is 10.7 Å². The Morgan fingerprint density at radius 3 is 2.46 bits per heavy atom. The van der Waals surface area contributed by atoms with Crippen LogP contribution in [0.5, 0.6) is 5.75 Å². The topological polar surface area (TPSA) is 47.9 Å². The second-order valence-electron chi connectivity index (χ2n) is 6.12. The number of carbonyl (C=O) groups excluding carboxylic acids is 1. The van der Waals surface area contributed by atoms with Crippen LogP contribution >= 0.6 is 83.7 Å². The molecule has 8 heteroatoms. The Kier molecular flexibility index (Phi) is 7.81. The number of rotatable bonds is 5. The van der Waals surface area contributed by atoms with Crippen LogP contribution in [0.4, 0.5) is 0 Å². The molecule has 28 heavy (non-hydrogen) atoms. The van der Waals surface area contributed by atoms with E-state index in [1.807, 2.05) is 30.3 Å². The quantitative estimate of drug-likeness (QED) is 0.191. The van der Waals surface area contributed by atoms with Gasteiger partial charge in [-0.15, -0.1) is 0 Å². The third-order valence-electron chi connectivity index (χ3n) is 4.01. The van der Waals surface area contributed by atoms with Crippen molar-refractivity contribution in [1.29, 1.82) is 0 Å². The maximum absolute atomic E-state index is 12.3.